The van der Waals surface area contributed by atoms with Gasteiger partial charge >= 0.3 is 0 Å². The SMILES string of the molecule is CC1=C(C(=O)Nc2ccccc2)[C@@H](c2ccc(Cl)cc2)n2c(s/c(=C/c3cn(C)nc3C)c2=O)=N1. The van der Waals surface area contributed by atoms with E-state index >= 15 is 0 Å². The molecule has 0 radical (unpaired) electrons. The van der Waals surface area contributed by atoms with Gasteiger partial charge in [-0.2, -0.15) is 5.10 Å². The molecule has 1 atom stereocenters. The van der Waals surface area contributed by atoms with E-state index in [9.17, 15) is 9.59 Å². The van der Waals surface area contributed by atoms with E-state index in [0.29, 0.717) is 31.3 Å². The van der Waals surface area contributed by atoms with E-state index in [0.717, 1.165) is 16.8 Å². The summed E-state index contributed by atoms with van der Waals surface area (Å²) in [4.78, 5) is 32.4. The molecule has 0 aliphatic carbocycles. The van der Waals surface area contributed by atoms with Crippen LogP contribution in [0.5, 0.6) is 0 Å². The van der Waals surface area contributed by atoms with Crippen LogP contribution in [0.3, 0.4) is 0 Å². The van der Waals surface area contributed by atoms with Gasteiger partial charge in [-0.25, -0.2) is 4.99 Å². The van der Waals surface area contributed by atoms with Crippen molar-refractivity contribution in [1.29, 1.82) is 0 Å². The molecule has 1 amide bonds. The number of hydrogen-bond acceptors (Lipinski definition) is 5. The molecule has 0 saturated heterocycles. The number of halogens is 1. The van der Waals surface area contributed by atoms with Crippen molar-refractivity contribution in [2.24, 2.45) is 12.0 Å². The lowest BCUT2D eigenvalue weighted by molar-refractivity contribution is -0.113. The molecule has 9 heteroatoms. The summed E-state index contributed by atoms with van der Waals surface area (Å²) in [5.41, 5.74) is 3.88. The van der Waals surface area contributed by atoms with Gasteiger partial charge in [-0.15, -0.1) is 0 Å². The number of hydrogen-bond donors (Lipinski definition) is 1. The highest BCUT2D eigenvalue weighted by Crippen LogP contribution is 2.31. The van der Waals surface area contributed by atoms with E-state index in [1.165, 1.54) is 11.3 Å². The minimum Gasteiger partial charge on any atom is -0.322 e. The summed E-state index contributed by atoms with van der Waals surface area (Å²) in [6, 6.07) is 15.8. The lowest BCUT2D eigenvalue weighted by Gasteiger charge is -2.25. The predicted molar refractivity (Wildman–Crippen MR) is 138 cm³/mol. The number of aromatic nitrogens is 3. The monoisotopic (exact) mass is 503 g/mol. The molecule has 0 bridgehead atoms. The third-order valence-electron chi connectivity index (χ3n) is 5.82. The molecule has 3 heterocycles. The summed E-state index contributed by atoms with van der Waals surface area (Å²) in [7, 11) is 1.84. The van der Waals surface area contributed by atoms with Crippen LogP contribution in [0.2, 0.25) is 5.02 Å². The van der Waals surface area contributed by atoms with Crippen LogP contribution in [0.4, 0.5) is 5.69 Å². The van der Waals surface area contributed by atoms with Crippen LogP contribution in [-0.4, -0.2) is 20.3 Å². The van der Waals surface area contributed by atoms with E-state index in [4.69, 9.17) is 11.6 Å². The lowest BCUT2D eigenvalue weighted by Crippen LogP contribution is -2.40. The molecule has 0 spiro atoms. The van der Waals surface area contributed by atoms with E-state index < -0.39 is 6.04 Å². The minimum atomic E-state index is -0.649. The Kier molecular flexibility index (Phi) is 6.00. The van der Waals surface area contributed by atoms with Crippen LogP contribution in [0.15, 0.2) is 81.9 Å². The van der Waals surface area contributed by atoms with Gasteiger partial charge in [0.05, 0.1) is 27.5 Å². The zero-order valence-electron chi connectivity index (χ0n) is 19.3. The molecule has 1 aliphatic heterocycles. The molecule has 0 saturated carbocycles. The lowest BCUT2D eigenvalue weighted by atomic mass is 9.95. The maximum atomic E-state index is 13.7. The van der Waals surface area contributed by atoms with Crippen molar-refractivity contribution in [3.63, 3.8) is 0 Å². The average molecular weight is 504 g/mol. The van der Waals surface area contributed by atoms with Crippen LogP contribution in [0, 0.1) is 6.92 Å². The van der Waals surface area contributed by atoms with Crippen LogP contribution < -0.4 is 20.2 Å². The summed E-state index contributed by atoms with van der Waals surface area (Å²) in [5, 5.41) is 7.88. The first-order chi connectivity index (χ1) is 16.8. The Morgan fingerprint density at radius 2 is 1.83 bits per heavy atom. The number of para-hydroxylation sites is 1. The van der Waals surface area contributed by atoms with Gasteiger partial charge < -0.3 is 5.32 Å². The molecule has 1 aliphatic rings. The maximum absolute atomic E-state index is 13.7. The van der Waals surface area contributed by atoms with Gasteiger partial charge in [-0.3, -0.25) is 18.8 Å². The summed E-state index contributed by atoms with van der Waals surface area (Å²) >= 11 is 7.44. The maximum Gasteiger partial charge on any atom is 0.271 e. The molecular formula is C26H22ClN5O2S. The van der Waals surface area contributed by atoms with Gasteiger partial charge in [0.1, 0.15) is 0 Å². The number of amides is 1. The standard InChI is InChI=1S/C26H22ClN5O2S/c1-15-18(14-31(3)30-15)13-21-25(34)32-23(17-9-11-19(27)12-10-17)22(16(2)28-26(32)35-21)24(33)29-20-7-5-4-6-8-20/h4-14,23H,1-3H3,(H,29,33)/b21-13+/t23-/m1/s1. The molecule has 35 heavy (non-hydrogen) atoms. The Morgan fingerprint density at radius 3 is 2.49 bits per heavy atom. The Balaban J connectivity index is 1.69. The number of nitrogens with zero attached hydrogens (tertiary/aromatic N) is 4. The molecule has 176 valence electrons. The summed E-state index contributed by atoms with van der Waals surface area (Å²) in [6.07, 6.45) is 3.70. The molecule has 7 nitrogen and oxygen atoms in total. The highest BCUT2D eigenvalue weighted by atomic mass is 35.5. The fourth-order valence-corrected chi connectivity index (χ4v) is 5.36. The molecule has 5 rings (SSSR count). The Morgan fingerprint density at radius 1 is 1.11 bits per heavy atom. The van der Waals surface area contributed by atoms with Gasteiger partial charge in [0.25, 0.3) is 11.5 Å². The normalized spacial score (nSPS) is 15.7. The number of thiazole rings is 1. The minimum absolute atomic E-state index is 0.213. The summed E-state index contributed by atoms with van der Waals surface area (Å²) in [5.74, 6) is -0.310. The van der Waals surface area contributed by atoms with Crippen LogP contribution in [-0.2, 0) is 11.8 Å². The van der Waals surface area contributed by atoms with E-state index in [1.807, 2.05) is 68.7 Å². The van der Waals surface area contributed by atoms with Crippen LogP contribution in [0.1, 0.15) is 29.8 Å². The first kappa shape index (κ1) is 23.0. The number of carbonyl (C=O) groups is 1. The fraction of sp³-hybridized carbons (Fsp3) is 0.154. The predicted octanol–water partition coefficient (Wildman–Crippen LogP) is 3.57. The molecule has 2 aromatic carbocycles. The number of carbonyl (C=O) groups excluding carboxylic acids is 1. The third kappa shape index (κ3) is 4.38. The summed E-state index contributed by atoms with van der Waals surface area (Å²) in [6.45, 7) is 3.70. The average Bonchev–Trinajstić information content (AvgIpc) is 3.31. The Labute approximate surface area is 210 Å². The summed E-state index contributed by atoms with van der Waals surface area (Å²) < 4.78 is 3.83. The number of anilines is 1. The van der Waals surface area contributed by atoms with Crippen LogP contribution >= 0.6 is 22.9 Å². The van der Waals surface area contributed by atoms with Gasteiger partial charge in [-0.1, -0.05) is 53.3 Å². The van der Waals surface area contributed by atoms with E-state index in [1.54, 1.807) is 28.3 Å². The van der Waals surface area contributed by atoms with Crippen molar-refractivity contribution < 1.29 is 4.79 Å². The Bertz CT molecular complexity index is 1650. The highest BCUT2D eigenvalue weighted by Gasteiger charge is 2.32. The number of aryl methyl sites for hydroxylation is 2. The van der Waals surface area contributed by atoms with Gasteiger partial charge in [0.15, 0.2) is 4.80 Å². The number of fused-ring (bicyclic) bond motifs is 1. The third-order valence-corrected chi connectivity index (χ3v) is 7.06. The van der Waals surface area contributed by atoms with Crippen molar-refractivity contribution in [3.8, 4) is 0 Å². The second-order valence-electron chi connectivity index (χ2n) is 8.30. The topological polar surface area (TPSA) is 81.3 Å². The fourth-order valence-electron chi connectivity index (χ4n) is 4.19. The van der Waals surface area contributed by atoms with E-state index in [2.05, 4.69) is 15.4 Å². The number of allylic oxidation sites excluding steroid dienone is 1. The zero-order chi connectivity index (χ0) is 24.7. The smallest absolute Gasteiger partial charge is 0.271 e. The van der Waals surface area contributed by atoms with Crippen molar-refractivity contribution in [2.75, 3.05) is 5.32 Å². The number of nitrogens with one attached hydrogen (secondary N) is 1. The first-order valence-corrected chi connectivity index (χ1v) is 12.2. The van der Waals surface area contributed by atoms with Crippen molar-refractivity contribution in [3.05, 3.63) is 114 Å². The van der Waals surface area contributed by atoms with E-state index in [-0.39, 0.29) is 11.5 Å². The quantitative estimate of drug-likeness (QED) is 0.462. The number of rotatable bonds is 4. The molecule has 0 fully saturated rings. The first-order valence-electron chi connectivity index (χ1n) is 11.0. The van der Waals surface area contributed by atoms with Gasteiger partial charge in [0, 0.05) is 29.5 Å². The molecule has 4 aromatic rings. The van der Waals surface area contributed by atoms with Crippen molar-refractivity contribution >= 4 is 40.6 Å². The second kappa shape index (κ2) is 9.13. The zero-order valence-corrected chi connectivity index (χ0v) is 20.9. The van der Waals surface area contributed by atoms with Crippen molar-refractivity contribution in [1.82, 2.24) is 14.3 Å². The second-order valence-corrected chi connectivity index (χ2v) is 9.74. The van der Waals surface area contributed by atoms with Crippen LogP contribution in [0.25, 0.3) is 6.08 Å². The Hall–Kier alpha value is -3.75. The van der Waals surface area contributed by atoms with Gasteiger partial charge in [-0.05, 0) is 49.8 Å². The molecule has 2 aromatic heterocycles. The molecular weight excluding hydrogens is 482 g/mol. The van der Waals surface area contributed by atoms with Crippen molar-refractivity contribution in [2.45, 2.75) is 19.9 Å². The largest absolute Gasteiger partial charge is 0.322 e. The molecule has 0 unspecified atom stereocenters. The number of benzene rings is 2. The highest BCUT2D eigenvalue weighted by molar-refractivity contribution is 7.07. The van der Waals surface area contributed by atoms with Gasteiger partial charge in [0.2, 0.25) is 0 Å². The molecule has 1 N–H and O–H groups in total.